The normalized spacial score (nSPS) is 8.73. The lowest BCUT2D eigenvalue weighted by atomic mass is 10.7. The van der Waals surface area contributed by atoms with Gasteiger partial charge in [0, 0.05) is 0 Å². The Morgan fingerprint density at radius 3 is 2.45 bits per heavy atom. The predicted molar refractivity (Wildman–Crippen MR) is 32.2 cm³/mol. The van der Waals surface area contributed by atoms with Gasteiger partial charge in [0.2, 0.25) is 12.8 Å². The standard InChI is InChI=1S/C4H3N5O2/c10-2-9(3-11)4-1-5-7-8-6-4/h1-3H. The number of aromatic nitrogens is 4. The number of carbonyl (C=O) groups is 2. The van der Waals surface area contributed by atoms with Crippen LogP contribution in [0.2, 0.25) is 0 Å². The lowest BCUT2D eigenvalue weighted by Crippen LogP contribution is -2.20. The van der Waals surface area contributed by atoms with E-state index < -0.39 is 0 Å². The molecule has 0 spiro atoms. The third-order valence-corrected chi connectivity index (χ3v) is 0.904. The molecule has 1 aromatic rings. The van der Waals surface area contributed by atoms with Crippen molar-refractivity contribution in [2.75, 3.05) is 4.90 Å². The number of carbonyl (C=O) groups excluding carboxylic acids is 2. The highest BCUT2D eigenvalue weighted by Crippen LogP contribution is 1.98. The quantitative estimate of drug-likeness (QED) is 0.485. The summed E-state index contributed by atoms with van der Waals surface area (Å²) in [5.74, 6) is 0.0463. The molecule has 1 heterocycles. The monoisotopic (exact) mass is 153 g/mol. The molecule has 0 fully saturated rings. The molecule has 1 rings (SSSR count). The van der Waals surface area contributed by atoms with Crippen LogP contribution in [0.1, 0.15) is 0 Å². The summed E-state index contributed by atoms with van der Waals surface area (Å²) in [6.45, 7) is 0. The maximum absolute atomic E-state index is 10.1. The first kappa shape index (κ1) is 7.19. The van der Waals surface area contributed by atoms with Gasteiger partial charge in [-0.2, -0.15) is 0 Å². The van der Waals surface area contributed by atoms with Crippen LogP contribution in [0.5, 0.6) is 0 Å². The first-order chi connectivity index (χ1) is 5.38. The van der Waals surface area contributed by atoms with Crippen molar-refractivity contribution < 1.29 is 9.59 Å². The summed E-state index contributed by atoms with van der Waals surface area (Å²) in [6, 6.07) is 0. The number of hydrogen-bond donors (Lipinski definition) is 0. The summed E-state index contributed by atoms with van der Waals surface area (Å²) in [4.78, 5) is 20.9. The van der Waals surface area contributed by atoms with Crippen LogP contribution in [-0.2, 0) is 9.59 Å². The van der Waals surface area contributed by atoms with Crippen molar-refractivity contribution in [3.05, 3.63) is 6.20 Å². The third-order valence-electron chi connectivity index (χ3n) is 0.904. The minimum atomic E-state index is 0.0463. The fourth-order valence-corrected chi connectivity index (χ4v) is 0.443. The average Bonchev–Trinajstić information content (AvgIpc) is 2.09. The largest absolute Gasteiger partial charge is 0.278 e. The van der Waals surface area contributed by atoms with Gasteiger partial charge >= 0.3 is 0 Å². The number of rotatable bonds is 3. The zero-order chi connectivity index (χ0) is 8.10. The SMILES string of the molecule is O=CN(C=O)c1cnnnn1. The van der Waals surface area contributed by atoms with E-state index in [-0.39, 0.29) is 5.82 Å². The van der Waals surface area contributed by atoms with E-state index in [1.54, 1.807) is 0 Å². The van der Waals surface area contributed by atoms with Gasteiger partial charge < -0.3 is 0 Å². The number of imide groups is 1. The van der Waals surface area contributed by atoms with Crippen LogP contribution in [0.15, 0.2) is 6.20 Å². The summed E-state index contributed by atoms with van der Waals surface area (Å²) in [5.41, 5.74) is 0. The fraction of sp³-hybridized carbons (Fsp3) is 0. The van der Waals surface area contributed by atoms with Crippen LogP contribution in [0.4, 0.5) is 5.82 Å². The molecule has 0 radical (unpaired) electrons. The van der Waals surface area contributed by atoms with Gasteiger partial charge in [0.1, 0.15) is 0 Å². The lowest BCUT2D eigenvalue weighted by Gasteiger charge is -2.02. The molecule has 11 heavy (non-hydrogen) atoms. The molecule has 0 aliphatic carbocycles. The molecular formula is C4H3N5O2. The van der Waals surface area contributed by atoms with Crippen molar-refractivity contribution in [2.45, 2.75) is 0 Å². The molecule has 0 saturated carbocycles. The van der Waals surface area contributed by atoms with Crippen LogP contribution in [0.25, 0.3) is 0 Å². The van der Waals surface area contributed by atoms with E-state index in [4.69, 9.17) is 0 Å². The zero-order valence-electron chi connectivity index (χ0n) is 5.28. The Kier molecular flexibility index (Phi) is 2.16. The van der Waals surface area contributed by atoms with Crippen LogP contribution < -0.4 is 4.90 Å². The fourth-order valence-electron chi connectivity index (χ4n) is 0.443. The molecule has 1 aromatic heterocycles. The van der Waals surface area contributed by atoms with Gasteiger partial charge in [-0.05, 0) is 10.4 Å². The maximum atomic E-state index is 10.1. The van der Waals surface area contributed by atoms with E-state index in [0.29, 0.717) is 17.7 Å². The second kappa shape index (κ2) is 3.30. The van der Waals surface area contributed by atoms with Crippen molar-refractivity contribution in [1.29, 1.82) is 0 Å². The third kappa shape index (κ3) is 1.51. The number of nitrogens with zero attached hydrogens (tertiary/aromatic N) is 5. The van der Waals surface area contributed by atoms with Gasteiger partial charge in [0.25, 0.3) is 0 Å². The van der Waals surface area contributed by atoms with Gasteiger partial charge in [-0.15, -0.1) is 10.2 Å². The van der Waals surface area contributed by atoms with Crippen molar-refractivity contribution in [3.8, 4) is 0 Å². The molecule has 7 heteroatoms. The Morgan fingerprint density at radius 2 is 2.00 bits per heavy atom. The highest BCUT2D eigenvalue weighted by Gasteiger charge is 2.03. The smallest absolute Gasteiger partial charge is 0.222 e. The molecule has 56 valence electrons. The number of amides is 2. The molecule has 0 unspecified atom stereocenters. The minimum Gasteiger partial charge on any atom is -0.278 e. The highest BCUT2D eigenvalue weighted by atomic mass is 16.2. The Balaban J connectivity index is 2.90. The van der Waals surface area contributed by atoms with Gasteiger partial charge in [0.05, 0.1) is 6.20 Å². The topological polar surface area (TPSA) is 88.9 Å². The molecule has 0 bridgehead atoms. The van der Waals surface area contributed by atoms with Gasteiger partial charge in [-0.25, -0.2) is 4.90 Å². The molecule has 0 atom stereocenters. The summed E-state index contributed by atoms with van der Waals surface area (Å²) in [5, 5.41) is 12.9. The van der Waals surface area contributed by atoms with E-state index >= 15 is 0 Å². The van der Waals surface area contributed by atoms with E-state index in [0.717, 1.165) is 6.20 Å². The van der Waals surface area contributed by atoms with Crippen LogP contribution in [0.3, 0.4) is 0 Å². The Bertz CT molecular complexity index is 242. The van der Waals surface area contributed by atoms with Gasteiger partial charge in [-0.3, -0.25) is 9.59 Å². The molecule has 0 aliphatic rings. The van der Waals surface area contributed by atoms with E-state index in [1.807, 2.05) is 0 Å². The molecule has 0 aromatic carbocycles. The van der Waals surface area contributed by atoms with Gasteiger partial charge in [-0.1, -0.05) is 0 Å². The summed E-state index contributed by atoms with van der Waals surface area (Å²) in [6.07, 6.45) is 1.76. The molecule has 0 saturated heterocycles. The second-order valence-corrected chi connectivity index (χ2v) is 1.50. The summed E-state index contributed by atoms with van der Waals surface area (Å²) in [7, 11) is 0. The zero-order valence-corrected chi connectivity index (χ0v) is 5.28. The average molecular weight is 153 g/mol. The van der Waals surface area contributed by atoms with E-state index in [1.165, 1.54) is 0 Å². The molecule has 0 N–H and O–H groups in total. The first-order valence-corrected chi connectivity index (χ1v) is 2.58. The maximum Gasteiger partial charge on any atom is 0.222 e. The highest BCUT2D eigenvalue weighted by molar-refractivity contribution is 5.93. The minimum absolute atomic E-state index is 0.0463. The first-order valence-electron chi connectivity index (χ1n) is 2.58. The lowest BCUT2D eigenvalue weighted by molar-refractivity contribution is -0.114. The predicted octanol–water partition coefficient (Wildman–Crippen LogP) is -1.61. The number of anilines is 1. The van der Waals surface area contributed by atoms with Crippen LogP contribution >= 0.6 is 0 Å². The molecule has 0 aliphatic heterocycles. The van der Waals surface area contributed by atoms with Crippen molar-refractivity contribution >= 4 is 18.6 Å². The molecule has 7 nitrogen and oxygen atoms in total. The van der Waals surface area contributed by atoms with Gasteiger partial charge in [0.15, 0.2) is 5.82 Å². The Morgan fingerprint density at radius 1 is 1.27 bits per heavy atom. The van der Waals surface area contributed by atoms with Crippen molar-refractivity contribution in [1.82, 2.24) is 20.6 Å². The van der Waals surface area contributed by atoms with Crippen molar-refractivity contribution in [3.63, 3.8) is 0 Å². The van der Waals surface area contributed by atoms with Crippen LogP contribution in [-0.4, -0.2) is 33.4 Å². The Labute approximate surface area is 61.0 Å². The van der Waals surface area contributed by atoms with Crippen molar-refractivity contribution in [2.24, 2.45) is 0 Å². The van der Waals surface area contributed by atoms with E-state index in [2.05, 4.69) is 20.6 Å². The Hall–Kier alpha value is -1.92. The summed E-state index contributed by atoms with van der Waals surface area (Å²) >= 11 is 0. The summed E-state index contributed by atoms with van der Waals surface area (Å²) < 4.78 is 0. The van der Waals surface area contributed by atoms with Crippen LogP contribution in [0, 0.1) is 0 Å². The molecular weight excluding hydrogens is 150 g/mol. The number of hydrogen-bond acceptors (Lipinski definition) is 6. The van der Waals surface area contributed by atoms with E-state index in [9.17, 15) is 9.59 Å². The second-order valence-electron chi connectivity index (χ2n) is 1.50. The molecule has 2 amide bonds.